The fourth-order valence-electron chi connectivity index (χ4n) is 2.01. The number of sulfonamides is 1. The van der Waals surface area contributed by atoms with Crippen molar-refractivity contribution in [3.05, 3.63) is 11.3 Å². The van der Waals surface area contributed by atoms with Gasteiger partial charge in [-0.15, -0.1) is 0 Å². The maximum atomic E-state index is 12.7. The lowest BCUT2D eigenvalue weighted by molar-refractivity contribution is 0.180. The standard InChI is InChI=1S/C13H26N4O3S/c1-5-7-14-10-12-11(3)15-16-13(12)21(18,19)17(6-2)8-9-20-4/h14H,5-10H2,1-4H3,(H,15,16). The first-order valence-corrected chi connectivity index (χ1v) is 8.66. The highest BCUT2D eigenvalue weighted by molar-refractivity contribution is 7.89. The topological polar surface area (TPSA) is 87.3 Å². The summed E-state index contributed by atoms with van der Waals surface area (Å²) in [5.41, 5.74) is 1.49. The minimum atomic E-state index is -3.60. The number of likely N-dealkylation sites (N-methyl/N-ethyl adjacent to an activating group) is 1. The molecule has 0 amide bonds. The molecule has 0 saturated carbocycles. The second kappa shape index (κ2) is 8.47. The predicted octanol–water partition coefficient (Wildman–Crippen LogP) is 0.875. The monoisotopic (exact) mass is 318 g/mol. The number of hydrogen-bond donors (Lipinski definition) is 2. The Kier molecular flexibility index (Phi) is 7.30. The zero-order valence-corrected chi connectivity index (χ0v) is 14.1. The predicted molar refractivity (Wildman–Crippen MR) is 81.6 cm³/mol. The molecule has 2 N–H and O–H groups in total. The minimum Gasteiger partial charge on any atom is -0.383 e. The number of hydrogen-bond acceptors (Lipinski definition) is 5. The molecule has 0 aromatic carbocycles. The van der Waals surface area contributed by atoms with Gasteiger partial charge in [0.25, 0.3) is 10.0 Å². The van der Waals surface area contributed by atoms with Crippen molar-refractivity contribution in [1.29, 1.82) is 0 Å². The zero-order chi connectivity index (χ0) is 15.9. The first-order chi connectivity index (χ1) is 9.98. The van der Waals surface area contributed by atoms with Crippen molar-refractivity contribution in [3.63, 3.8) is 0 Å². The summed E-state index contributed by atoms with van der Waals surface area (Å²) in [4.78, 5) is 0. The highest BCUT2D eigenvalue weighted by Crippen LogP contribution is 2.20. The summed E-state index contributed by atoms with van der Waals surface area (Å²) < 4.78 is 31.8. The van der Waals surface area contributed by atoms with Crippen LogP contribution in [0.25, 0.3) is 0 Å². The Morgan fingerprint density at radius 3 is 2.67 bits per heavy atom. The maximum absolute atomic E-state index is 12.7. The second-order valence-corrected chi connectivity index (χ2v) is 6.65. The van der Waals surface area contributed by atoms with E-state index in [1.54, 1.807) is 7.11 Å². The van der Waals surface area contributed by atoms with Crippen molar-refractivity contribution >= 4 is 10.0 Å². The molecule has 0 atom stereocenters. The summed E-state index contributed by atoms with van der Waals surface area (Å²) >= 11 is 0. The van der Waals surface area contributed by atoms with Gasteiger partial charge in [-0.2, -0.15) is 9.40 Å². The molecule has 122 valence electrons. The van der Waals surface area contributed by atoms with Crippen molar-refractivity contribution in [2.45, 2.75) is 38.8 Å². The molecule has 0 saturated heterocycles. The fourth-order valence-corrected chi connectivity index (χ4v) is 3.60. The van der Waals surface area contributed by atoms with E-state index >= 15 is 0 Å². The summed E-state index contributed by atoms with van der Waals surface area (Å²) in [6.45, 7) is 8.11. The Morgan fingerprint density at radius 1 is 1.38 bits per heavy atom. The van der Waals surface area contributed by atoms with Gasteiger partial charge in [-0.3, -0.25) is 5.10 Å². The van der Waals surface area contributed by atoms with Crippen molar-refractivity contribution < 1.29 is 13.2 Å². The molecule has 0 bridgehead atoms. The number of nitrogens with one attached hydrogen (secondary N) is 2. The molecule has 0 spiro atoms. The summed E-state index contributed by atoms with van der Waals surface area (Å²) in [5, 5.41) is 10.1. The lowest BCUT2D eigenvalue weighted by Gasteiger charge is -2.19. The smallest absolute Gasteiger partial charge is 0.262 e. The number of aromatic amines is 1. The first-order valence-electron chi connectivity index (χ1n) is 7.22. The van der Waals surface area contributed by atoms with E-state index < -0.39 is 10.0 Å². The van der Waals surface area contributed by atoms with Crippen molar-refractivity contribution in [1.82, 2.24) is 19.8 Å². The molecule has 0 aliphatic carbocycles. The molecule has 1 rings (SSSR count). The van der Waals surface area contributed by atoms with Crippen LogP contribution in [0, 0.1) is 6.92 Å². The quantitative estimate of drug-likeness (QED) is 0.625. The average Bonchev–Trinajstić information content (AvgIpc) is 2.82. The maximum Gasteiger partial charge on any atom is 0.262 e. The summed E-state index contributed by atoms with van der Waals surface area (Å²) in [6.07, 6.45) is 0.994. The molecule has 1 aromatic rings. The SMILES string of the molecule is CCCNCc1c(S(=O)(=O)N(CC)CCOC)n[nH]c1C. The van der Waals surface area contributed by atoms with Gasteiger partial charge in [-0.1, -0.05) is 13.8 Å². The Labute approximate surface area is 127 Å². The third-order valence-electron chi connectivity index (χ3n) is 3.25. The van der Waals surface area contributed by atoms with Gasteiger partial charge in [-0.05, 0) is 19.9 Å². The van der Waals surface area contributed by atoms with Gasteiger partial charge in [0.15, 0.2) is 5.03 Å². The fraction of sp³-hybridized carbons (Fsp3) is 0.769. The number of nitrogens with zero attached hydrogens (tertiary/aromatic N) is 2. The zero-order valence-electron chi connectivity index (χ0n) is 13.3. The van der Waals surface area contributed by atoms with Crippen LogP contribution in [-0.2, 0) is 21.3 Å². The van der Waals surface area contributed by atoms with Crippen molar-refractivity contribution in [2.24, 2.45) is 0 Å². The van der Waals surface area contributed by atoms with Gasteiger partial charge in [-0.25, -0.2) is 8.42 Å². The van der Waals surface area contributed by atoms with Crippen LogP contribution in [0.1, 0.15) is 31.5 Å². The number of aryl methyl sites for hydroxylation is 1. The Morgan fingerprint density at radius 2 is 2.10 bits per heavy atom. The molecule has 0 unspecified atom stereocenters. The van der Waals surface area contributed by atoms with E-state index in [0.29, 0.717) is 31.8 Å². The van der Waals surface area contributed by atoms with Crippen molar-refractivity contribution in [2.75, 3.05) is 33.4 Å². The number of methoxy groups -OCH3 is 1. The number of aromatic nitrogens is 2. The third kappa shape index (κ3) is 4.50. The van der Waals surface area contributed by atoms with E-state index in [1.165, 1.54) is 4.31 Å². The summed E-state index contributed by atoms with van der Waals surface area (Å²) in [6, 6.07) is 0. The van der Waals surface area contributed by atoms with Crippen LogP contribution in [-0.4, -0.2) is 56.3 Å². The van der Waals surface area contributed by atoms with Crippen LogP contribution < -0.4 is 5.32 Å². The minimum absolute atomic E-state index is 0.113. The number of ether oxygens (including phenoxy) is 1. The van der Waals surface area contributed by atoms with Gasteiger partial charge >= 0.3 is 0 Å². The van der Waals surface area contributed by atoms with E-state index in [9.17, 15) is 8.42 Å². The summed E-state index contributed by atoms with van der Waals surface area (Å²) in [5.74, 6) is 0. The number of rotatable bonds is 10. The van der Waals surface area contributed by atoms with E-state index in [1.807, 2.05) is 13.8 Å². The van der Waals surface area contributed by atoms with E-state index in [-0.39, 0.29) is 5.03 Å². The van der Waals surface area contributed by atoms with Crippen LogP contribution in [0.3, 0.4) is 0 Å². The largest absolute Gasteiger partial charge is 0.383 e. The van der Waals surface area contributed by atoms with Crippen LogP contribution in [0.5, 0.6) is 0 Å². The second-order valence-electron chi connectivity index (χ2n) is 4.80. The molecular formula is C13H26N4O3S. The number of H-pyrrole nitrogens is 1. The summed E-state index contributed by atoms with van der Waals surface area (Å²) in [7, 11) is -2.04. The van der Waals surface area contributed by atoms with Gasteiger partial charge in [0.1, 0.15) is 0 Å². The molecule has 0 radical (unpaired) electrons. The molecule has 0 aliphatic heterocycles. The van der Waals surface area contributed by atoms with Crippen LogP contribution in [0.2, 0.25) is 0 Å². The lowest BCUT2D eigenvalue weighted by Crippen LogP contribution is -2.34. The highest BCUT2D eigenvalue weighted by Gasteiger charge is 2.29. The molecule has 8 heteroatoms. The van der Waals surface area contributed by atoms with E-state index in [4.69, 9.17) is 4.74 Å². The van der Waals surface area contributed by atoms with Crippen LogP contribution in [0.15, 0.2) is 5.03 Å². The molecule has 21 heavy (non-hydrogen) atoms. The normalized spacial score (nSPS) is 12.2. The van der Waals surface area contributed by atoms with Crippen molar-refractivity contribution in [3.8, 4) is 0 Å². The molecule has 0 fully saturated rings. The molecule has 1 aromatic heterocycles. The first kappa shape index (κ1) is 18.1. The highest BCUT2D eigenvalue weighted by atomic mass is 32.2. The molecule has 0 aliphatic rings. The van der Waals surface area contributed by atoms with E-state index in [0.717, 1.165) is 18.7 Å². The molecular weight excluding hydrogens is 292 g/mol. The lowest BCUT2D eigenvalue weighted by atomic mass is 10.2. The molecule has 7 nitrogen and oxygen atoms in total. The van der Waals surface area contributed by atoms with Crippen LogP contribution >= 0.6 is 0 Å². The van der Waals surface area contributed by atoms with Gasteiger partial charge in [0, 0.05) is 38.0 Å². The average molecular weight is 318 g/mol. The van der Waals surface area contributed by atoms with Gasteiger partial charge < -0.3 is 10.1 Å². The van der Waals surface area contributed by atoms with Crippen LogP contribution in [0.4, 0.5) is 0 Å². The van der Waals surface area contributed by atoms with Gasteiger partial charge in [0.2, 0.25) is 0 Å². The Hall–Kier alpha value is -0.960. The van der Waals surface area contributed by atoms with E-state index in [2.05, 4.69) is 22.4 Å². The van der Waals surface area contributed by atoms with Gasteiger partial charge in [0.05, 0.1) is 6.61 Å². The Bertz CT molecular complexity index is 528. The molecule has 1 heterocycles. The third-order valence-corrected chi connectivity index (χ3v) is 5.19. The Balaban J connectivity index is 3.01.